The minimum Gasteiger partial charge on any atom is -0.381 e. The fraction of sp³-hybridized carbons (Fsp3) is 0.615. The summed E-state index contributed by atoms with van der Waals surface area (Å²) < 4.78 is 16.7. The van der Waals surface area contributed by atoms with Gasteiger partial charge in [0.2, 0.25) is 5.91 Å². The van der Waals surface area contributed by atoms with E-state index in [0.717, 1.165) is 86.7 Å². The maximum absolute atomic E-state index is 12.9. The summed E-state index contributed by atoms with van der Waals surface area (Å²) in [5.41, 5.74) is 1.17. The van der Waals surface area contributed by atoms with E-state index in [-0.39, 0.29) is 23.3 Å². The van der Waals surface area contributed by atoms with Gasteiger partial charge in [0.15, 0.2) is 0 Å². The van der Waals surface area contributed by atoms with Crippen LogP contribution in [0.2, 0.25) is 5.02 Å². The molecule has 0 radical (unpaired) electrons. The molecular formula is C26H33ClN4O4. The second-order valence-corrected chi connectivity index (χ2v) is 10.8. The van der Waals surface area contributed by atoms with Gasteiger partial charge in [-0.15, -0.1) is 0 Å². The minimum atomic E-state index is 0.0731. The highest BCUT2D eigenvalue weighted by Gasteiger charge is 2.58. The van der Waals surface area contributed by atoms with Crippen LogP contribution in [0, 0.1) is 11.3 Å². The van der Waals surface area contributed by atoms with Crippen molar-refractivity contribution in [2.45, 2.75) is 31.4 Å². The summed E-state index contributed by atoms with van der Waals surface area (Å²) >= 11 is 6.70. The Hall–Kier alpha value is -1.97. The Morgan fingerprint density at radius 3 is 2.69 bits per heavy atom. The van der Waals surface area contributed by atoms with Gasteiger partial charge >= 0.3 is 0 Å². The number of ether oxygens (including phenoxy) is 3. The lowest BCUT2D eigenvalue weighted by Crippen LogP contribution is -2.54. The third-order valence-electron chi connectivity index (χ3n) is 8.46. The van der Waals surface area contributed by atoms with Crippen molar-refractivity contribution in [3.63, 3.8) is 0 Å². The minimum absolute atomic E-state index is 0.0731. The molecule has 1 aromatic carbocycles. The molecular weight excluding hydrogens is 468 g/mol. The zero-order chi connectivity index (χ0) is 24.0. The highest BCUT2D eigenvalue weighted by atomic mass is 35.5. The molecule has 3 aliphatic heterocycles. The van der Waals surface area contributed by atoms with E-state index in [1.54, 1.807) is 13.3 Å². The van der Waals surface area contributed by atoms with Crippen LogP contribution < -0.4 is 10.2 Å². The van der Waals surface area contributed by atoms with Gasteiger partial charge in [-0.2, -0.15) is 0 Å². The molecule has 9 heteroatoms. The molecule has 1 N–H and O–H groups in total. The van der Waals surface area contributed by atoms with Crippen LogP contribution >= 0.6 is 11.6 Å². The van der Waals surface area contributed by atoms with E-state index in [9.17, 15) is 4.79 Å². The number of nitrogens with one attached hydrogen (secondary N) is 1. The molecule has 3 saturated heterocycles. The van der Waals surface area contributed by atoms with Crippen molar-refractivity contribution < 1.29 is 19.0 Å². The fourth-order valence-corrected chi connectivity index (χ4v) is 6.40. The van der Waals surface area contributed by atoms with Gasteiger partial charge in [0.25, 0.3) is 0 Å². The van der Waals surface area contributed by atoms with Crippen molar-refractivity contribution in [1.29, 1.82) is 0 Å². The molecule has 3 atom stereocenters. The van der Waals surface area contributed by atoms with Gasteiger partial charge in [-0.05, 0) is 48.3 Å². The van der Waals surface area contributed by atoms with E-state index in [4.69, 9.17) is 25.8 Å². The van der Waals surface area contributed by atoms with Crippen LogP contribution in [0.5, 0.6) is 0 Å². The van der Waals surface area contributed by atoms with Crippen LogP contribution in [0.4, 0.5) is 11.5 Å². The lowest BCUT2D eigenvalue weighted by Gasteiger charge is -2.40. The fourth-order valence-electron chi connectivity index (χ4n) is 6.11. The molecule has 4 aliphatic rings. The number of hydrogen-bond acceptors (Lipinski definition) is 7. The highest BCUT2D eigenvalue weighted by molar-refractivity contribution is 6.34. The third-order valence-corrected chi connectivity index (χ3v) is 8.76. The predicted octanol–water partition coefficient (Wildman–Crippen LogP) is 3.18. The molecule has 8 nitrogen and oxygen atoms in total. The first-order chi connectivity index (χ1) is 17.1. The summed E-state index contributed by atoms with van der Waals surface area (Å²) in [6.07, 6.45) is 4.85. The van der Waals surface area contributed by atoms with Gasteiger partial charge in [-0.25, -0.2) is 4.98 Å². The largest absolute Gasteiger partial charge is 0.381 e. The van der Waals surface area contributed by atoms with E-state index in [1.165, 1.54) is 0 Å². The Bertz CT molecular complexity index is 1100. The smallest absolute Gasteiger partial charge is 0.229 e. The summed E-state index contributed by atoms with van der Waals surface area (Å²) in [5, 5.41) is 5.78. The average molecular weight is 501 g/mol. The molecule has 2 aromatic rings. The molecule has 1 saturated carbocycles. The standard InChI is InChI=1S/C26H33ClN4O4/c1-33-23-16-35-15-22(23)31-6-4-30(5-7-31)21-11-17-12-24(28-14-18(17)10-20(21)27)29-25(32)19-13-26(19)2-8-34-9-3-26/h10-12,14,19,22-23H,2-9,13,15-16H2,1H3,(H,28,29,32)/t19-,22+,23+/m1/s1. The van der Waals surface area contributed by atoms with Gasteiger partial charge in [0, 0.05) is 64.0 Å². The third kappa shape index (κ3) is 4.51. The number of methoxy groups -OCH3 is 1. The summed E-state index contributed by atoms with van der Waals surface area (Å²) in [7, 11) is 1.76. The number of benzene rings is 1. The monoisotopic (exact) mass is 500 g/mol. The van der Waals surface area contributed by atoms with Crippen LogP contribution in [0.1, 0.15) is 19.3 Å². The van der Waals surface area contributed by atoms with Crippen LogP contribution in [-0.2, 0) is 19.0 Å². The molecule has 1 aliphatic carbocycles. The van der Waals surface area contributed by atoms with Crippen LogP contribution in [0.15, 0.2) is 24.4 Å². The Balaban J connectivity index is 1.14. The molecule has 0 unspecified atom stereocenters. The lowest BCUT2D eigenvalue weighted by atomic mass is 9.93. The molecule has 1 spiro atoms. The number of carbonyl (C=O) groups is 1. The van der Waals surface area contributed by atoms with Crippen molar-refractivity contribution in [3.8, 4) is 0 Å². The highest BCUT2D eigenvalue weighted by Crippen LogP contribution is 2.59. The van der Waals surface area contributed by atoms with Crippen molar-refractivity contribution in [2.75, 3.05) is 69.9 Å². The van der Waals surface area contributed by atoms with Gasteiger partial charge in [-0.1, -0.05) is 11.6 Å². The second kappa shape index (κ2) is 9.48. The van der Waals surface area contributed by atoms with Crippen LogP contribution in [0.25, 0.3) is 10.8 Å². The zero-order valence-corrected chi connectivity index (χ0v) is 20.9. The SMILES string of the molecule is CO[C@H]1COC[C@@H]1N1CCN(c2cc3cc(NC(=O)[C@H]4CC45CCOCC5)ncc3cc2Cl)CC1. The molecule has 1 aromatic heterocycles. The number of anilines is 2. The van der Waals surface area contributed by atoms with E-state index in [1.807, 2.05) is 12.1 Å². The number of nitrogens with zero attached hydrogens (tertiary/aromatic N) is 3. The first-order valence-electron chi connectivity index (χ1n) is 12.6. The lowest BCUT2D eigenvalue weighted by molar-refractivity contribution is -0.118. The van der Waals surface area contributed by atoms with Gasteiger partial charge in [-0.3, -0.25) is 9.69 Å². The Morgan fingerprint density at radius 1 is 1.11 bits per heavy atom. The zero-order valence-electron chi connectivity index (χ0n) is 20.2. The molecule has 188 valence electrons. The van der Waals surface area contributed by atoms with Crippen molar-refractivity contribution >= 4 is 39.8 Å². The number of amides is 1. The number of piperazine rings is 1. The summed E-state index contributed by atoms with van der Waals surface area (Å²) in [5.74, 6) is 0.750. The first-order valence-corrected chi connectivity index (χ1v) is 13.0. The number of fused-ring (bicyclic) bond motifs is 1. The first kappa shape index (κ1) is 23.4. The molecule has 1 amide bonds. The number of hydrogen-bond donors (Lipinski definition) is 1. The number of pyridine rings is 1. The Kier molecular flexibility index (Phi) is 6.35. The van der Waals surface area contributed by atoms with E-state index >= 15 is 0 Å². The van der Waals surface area contributed by atoms with Crippen molar-refractivity contribution in [3.05, 3.63) is 29.4 Å². The number of halogens is 1. The number of aromatic nitrogens is 1. The topological polar surface area (TPSA) is 76.2 Å². The van der Waals surface area contributed by atoms with E-state index in [0.29, 0.717) is 18.5 Å². The molecule has 35 heavy (non-hydrogen) atoms. The van der Waals surface area contributed by atoms with Crippen molar-refractivity contribution in [2.24, 2.45) is 11.3 Å². The van der Waals surface area contributed by atoms with Crippen molar-refractivity contribution in [1.82, 2.24) is 9.88 Å². The molecule has 0 bridgehead atoms. The molecule has 6 rings (SSSR count). The van der Waals surface area contributed by atoms with E-state index < -0.39 is 0 Å². The van der Waals surface area contributed by atoms with Crippen LogP contribution in [-0.4, -0.2) is 87.7 Å². The normalized spacial score (nSPS) is 28.5. The summed E-state index contributed by atoms with van der Waals surface area (Å²) in [6.45, 7) is 6.57. The van der Waals surface area contributed by atoms with Gasteiger partial charge < -0.3 is 24.4 Å². The number of rotatable bonds is 5. The molecule has 4 heterocycles. The maximum Gasteiger partial charge on any atom is 0.229 e. The average Bonchev–Trinajstić information content (AvgIpc) is 3.34. The summed E-state index contributed by atoms with van der Waals surface area (Å²) in [6, 6.07) is 6.37. The Labute approximate surface area is 210 Å². The van der Waals surface area contributed by atoms with E-state index in [2.05, 4.69) is 26.2 Å². The second-order valence-electron chi connectivity index (χ2n) is 10.3. The maximum atomic E-state index is 12.9. The number of carbonyl (C=O) groups excluding carboxylic acids is 1. The Morgan fingerprint density at radius 2 is 1.91 bits per heavy atom. The van der Waals surface area contributed by atoms with Gasteiger partial charge in [0.05, 0.1) is 36.1 Å². The van der Waals surface area contributed by atoms with Crippen LogP contribution in [0.3, 0.4) is 0 Å². The summed E-state index contributed by atoms with van der Waals surface area (Å²) in [4.78, 5) is 22.2. The van der Waals surface area contributed by atoms with Gasteiger partial charge in [0.1, 0.15) is 5.82 Å². The quantitative estimate of drug-likeness (QED) is 0.675. The molecule has 4 fully saturated rings. The predicted molar refractivity (Wildman–Crippen MR) is 135 cm³/mol.